The zero-order chi connectivity index (χ0) is 11.3. The molecule has 4 heteroatoms. The molecule has 1 aliphatic heterocycles. The first-order valence-corrected chi connectivity index (χ1v) is 6.20. The van der Waals surface area contributed by atoms with Gasteiger partial charge < -0.3 is 10.2 Å². The lowest BCUT2D eigenvalue weighted by atomic mass is 10.0. The van der Waals surface area contributed by atoms with Crippen LogP contribution in [0, 0.1) is 17.8 Å². The zero-order valence-corrected chi connectivity index (χ0v) is 9.61. The van der Waals surface area contributed by atoms with E-state index in [0.717, 1.165) is 37.6 Å². The summed E-state index contributed by atoms with van der Waals surface area (Å²) >= 11 is 0. The Morgan fingerprint density at radius 1 is 1.31 bits per heavy atom. The van der Waals surface area contributed by atoms with E-state index >= 15 is 0 Å². The summed E-state index contributed by atoms with van der Waals surface area (Å²) in [6, 6.07) is -0.255. The molecule has 3 rings (SSSR count). The molecule has 88 valence electrons. The molecule has 4 nitrogen and oxygen atoms in total. The molecule has 2 amide bonds. The Bertz CT molecular complexity index is 332. The van der Waals surface area contributed by atoms with Gasteiger partial charge in [-0.15, -0.1) is 0 Å². The normalized spacial score (nSPS) is 41.1. The highest BCUT2D eigenvalue weighted by atomic mass is 16.2. The molecule has 0 spiro atoms. The molecule has 3 unspecified atom stereocenters. The Labute approximate surface area is 95.4 Å². The van der Waals surface area contributed by atoms with Crippen molar-refractivity contribution >= 4 is 11.8 Å². The first kappa shape index (κ1) is 10.1. The van der Waals surface area contributed by atoms with Gasteiger partial charge in [-0.2, -0.15) is 0 Å². The summed E-state index contributed by atoms with van der Waals surface area (Å²) in [4.78, 5) is 25.3. The van der Waals surface area contributed by atoms with Crippen LogP contribution in [0.3, 0.4) is 0 Å². The van der Waals surface area contributed by atoms with Crippen LogP contribution in [0.15, 0.2) is 0 Å². The number of nitrogens with one attached hydrogen (secondary N) is 1. The number of likely N-dealkylation sites (N-methyl/N-ethyl adjacent to an activating group) is 1. The average Bonchev–Trinajstić information content (AvgIpc) is 2.76. The molecular weight excluding hydrogens is 204 g/mol. The van der Waals surface area contributed by atoms with Gasteiger partial charge in [0.15, 0.2) is 0 Å². The van der Waals surface area contributed by atoms with Gasteiger partial charge in [0, 0.05) is 19.5 Å². The SMILES string of the molecule is CN1CCC(NC(=O)C2CC3CC3C2)C1=O. The van der Waals surface area contributed by atoms with Crippen molar-refractivity contribution in [2.75, 3.05) is 13.6 Å². The number of rotatable bonds is 2. The van der Waals surface area contributed by atoms with Crippen molar-refractivity contribution in [3.8, 4) is 0 Å². The van der Waals surface area contributed by atoms with Gasteiger partial charge in [0.1, 0.15) is 6.04 Å². The van der Waals surface area contributed by atoms with E-state index in [4.69, 9.17) is 0 Å². The van der Waals surface area contributed by atoms with Crippen LogP contribution in [0.1, 0.15) is 25.7 Å². The average molecular weight is 222 g/mol. The van der Waals surface area contributed by atoms with E-state index in [1.807, 2.05) is 0 Å². The lowest BCUT2D eigenvalue weighted by molar-refractivity contribution is -0.133. The maximum atomic E-state index is 11.9. The molecule has 0 aromatic carbocycles. The van der Waals surface area contributed by atoms with Crippen molar-refractivity contribution in [3.05, 3.63) is 0 Å². The Morgan fingerprint density at radius 3 is 2.56 bits per heavy atom. The van der Waals surface area contributed by atoms with Crippen molar-refractivity contribution in [3.63, 3.8) is 0 Å². The van der Waals surface area contributed by atoms with Gasteiger partial charge in [-0.25, -0.2) is 0 Å². The van der Waals surface area contributed by atoms with Crippen LogP contribution in [-0.4, -0.2) is 36.3 Å². The van der Waals surface area contributed by atoms with Gasteiger partial charge in [-0.1, -0.05) is 0 Å². The maximum Gasteiger partial charge on any atom is 0.244 e. The summed E-state index contributed by atoms with van der Waals surface area (Å²) in [6.07, 6.45) is 4.19. The fourth-order valence-corrected chi connectivity index (χ4v) is 3.17. The highest BCUT2D eigenvalue weighted by Gasteiger charge is 2.48. The van der Waals surface area contributed by atoms with Gasteiger partial charge >= 0.3 is 0 Å². The third-order valence-corrected chi connectivity index (χ3v) is 4.36. The van der Waals surface area contributed by atoms with E-state index in [2.05, 4.69) is 5.32 Å². The molecule has 2 saturated carbocycles. The summed E-state index contributed by atoms with van der Waals surface area (Å²) in [7, 11) is 1.79. The van der Waals surface area contributed by atoms with Crippen molar-refractivity contribution in [2.45, 2.75) is 31.7 Å². The number of nitrogens with zero attached hydrogens (tertiary/aromatic N) is 1. The standard InChI is InChI=1S/C12H18N2O2/c1-14-3-2-10(12(14)16)13-11(15)9-5-7-4-8(7)6-9/h7-10H,2-6H2,1H3,(H,13,15). The van der Waals surface area contributed by atoms with Crippen LogP contribution < -0.4 is 5.32 Å². The monoisotopic (exact) mass is 222 g/mol. The molecule has 0 bridgehead atoms. The maximum absolute atomic E-state index is 11.9. The Morgan fingerprint density at radius 2 is 2.00 bits per heavy atom. The van der Waals surface area contributed by atoms with E-state index in [-0.39, 0.29) is 23.8 Å². The Kier molecular flexibility index (Phi) is 2.19. The number of fused-ring (bicyclic) bond motifs is 1. The van der Waals surface area contributed by atoms with E-state index < -0.39 is 0 Å². The summed E-state index contributed by atoms with van der Waals surface area (Å²) in [5.74, 6) is 2.00. The van der Waals surface area contributed by atoms with Crippen LogP contribution in [0.4, 0.5) is 0 Å². The zero-order valence-electron chi connectivity index (χ0n) is 9.61. The molecule has 1 heterocycles. The van der Waals surface area contributed by atoms with Crippen molar-refractivity contribution in [2.24, 2.45) is 17.8 Å². The first-order chi connectivity index (χ1) is 7.65. The summed E-state index contributed by atoms with van der Waals surface area (Å²) in [6.45, 7) is 0.764. The third-order valence-electron chi connectivity index (χ3n) is 4.36. The van der Waals surface area contributed by atoms with Gasteiger partial charge in [0.2, 0.25) is 11.8 Å². The van der Waals surface area contributed by atoms with Crippen LogP contribution in [0.2, 0.25) is 0 Å². The number of carbonyl (C=O) groups excluding carboxylic acids is 2. The minimum absolute atomic E-state index is 0.0662. The van der Waals surface area contributed by atoms with E-state index in [1.54, 1.807) is 11.9 Å². The highest BCUT2D eigenvalue weighted by molar-refractivity contribution is 5.89. The Balaban J connectivity index is 1.54. The quantitative estimate of drug-likeness (QED) is 0.734. The predicted molar refractivity (Wildman–Crippen MR) is 58.5 cm³/mol. The number of amides is 2. The smallest absolute Gasteiger partial charge is 0.244 e. The number of hydrogen-bond donors (Lipinski definition) is 1. The van der Waals surface area contributed by atoms with Crippen molar-refractivity contribution < 1.29 is 9.59 Å². The third kappa shape index (κ3) is 1.60. The van der Waals surface area contributed by atoms with Gasteiger partial charge in [-0.3, -0.25) is 9.59 Å². The second kappa shape index (κ2) is 3.47. The number of carbonyl (C=O) groups is 2. The van der Waals surface area contributed by atoms with Crippen LogP contribution >= 0.6 is 0 Å². The van der Waals surface area contributed by atoms with Gasteiger partial charge in [0.25, 0.3) is 0 Å². The van der Waals surface area contributed by atoms with E-state index in [9.17, 15) is 9.59 Å². The molecule has 1 N–H and O–H groups in total. The molecule has 0 aromatic rings. The molecular formula is C12H18N2O2. The van der Waals surface area contributed by atoms with Crippen LogP contribution in [0.5, 0.6) is 0 Å². The molecule has 0 aromatic heterocycles. The Hall–Kier alpha value is -1.06. The predicted octanol–water partition coefficient (Wildman–Crippen LogP) is 0.379. The second-order valence-electron chi connectivity index (χ2n) is 5.53. The topological polar surface area (TPSA) is 49.4 Å². The van der Waals surface area contributed by atoms with Crippen molar-refractivity contribution in [1.82, 2.24) is 10.2 Å². The molecule has 3 atom stereocenters. The number of hydrogen-bond acceptors (Lipinski definition) is 2. The molecule has 2 aliphatic carbocycles. The van der Waals surface area contributed by atoms with Crippen LogP contribution in [-0.2, 0) is 9.59 Å². The molecule has 16 heavy (non-hydrogen) atoms. The fraction of sp³-hybridized carbons (Fsp3) is 0.833. The molecule has 0 radical (unpaired) electrons. The lowest BCUT2D eigenvalue weighted by Crippen LogP contribution is -2.43. The second-order valence-corrected chi connectivity index (χ2v) is 5.53. The van der Waals surface area contributed by atoms with Gasteiger partial charge in [0.05, 0.1) is 0 Å². The first-order valence-electron chi connectivity index (χ1n) is 6.20. The minimum Gasteiger partial charge on any atom is -0.344 e. The fourth-order valence-electron chi connectivity index (χ4n) is 3.17. The van der Waals surface area contributed by atoms with Gasteiger partial charge in [-0.05, 0) is 37.5 Å². The molecule has 1 saturated heterocycles. The minimum atomic E-state index is -0.255. The van der Waals surface area contributed by atoms with Crippen molar-refractivity contribution in [1.29, 1.82) is 0 Å². The van der Waals surface area contributed by atoms with Crippen LogP contribution in [0.25, 0.3) is 0 Å². The van der Waals surface area contributed by atoms with E-state index in [1.165, 1.54) is 6.42 Å². The summed E-state index contributed by atoms with van der Waals surface area (Å²) < 4.78 is 0. The molecule has 3 fully saturated rings. The highest BCUT2D eigenvalue weighted by Crippen LogP contribution is 2.54. The summed E-state index contributed by atoms with van der Waals surface area (Å²) in [5.41, 5.74) is 0. The number of likely N-dealkylation sites (tertiary alicyclic amines) is 1. The largest absolute Gasteiger partial charge is 0.344 e. The van der Waals surface area contributed by atoms with E-state index in [0.29, 0.717) is 0 Å². The lowest BCUT2D eigenvalue weighted by Gasteiger charge is -2.16. The molecule has 3 aliphatic rings. The summed E-state index contributed by atoms with van der Waals surface area (Å²) in [5, 5.41) is 2.91.